The topological polar surface area (TPSA) is 73.3 Å². The number of carbonyl (C=O) groups excluding carboxylic acids is 2. The summed E-state index contributed by atoms with van der Waals surface area (Å²) < 4.78 is 23.2. The molecular formula is C18H14FNO4. The van der Waals surface area contributed by atoms with Crippen LogP contribution in [0, 0.1) is 12.7 Å². The molecule has 1 aromatic carbocycles. The van der Waals surface area contributed by atoms with Gasteiger partial charge in [-0.1, -0.05) is 17.3 Å². The summed E-state index contributed by atoms with van der Waals surface area (Å²) in [6, 6.07) is 10.9. The quantitative estimate of drug-likeness (QED) is 0.513. The highest BCUT2D eigenvalue weighted by Crippen LogP contribution is 2.15. The molecule has 0 saturated heterocycles. The number of aromatic nitrogens is 1. The monoisotopic (exact) mass is 327 g/mol. The molecule has 0 atom stereocenters. The van der Waals surface area contributed by atoms with Crippen molar-refractivity contribution in [3.63, 3.8) is 0 Å². The Bertz CT molecular complexity index is 877. The Labute approximate surface area is 137 Å². The van der Waals surface area contributed by atoms with E-state index in [9.17, 15) is 14.0 Å². The van der Waals surface area contributed by atoms with E-state index in [0.717, 1.165) is 5.56 Å². The fourth-order valence-electron chi connectivity index (χ4n) is 2.26. The number of hydrogen-bond acceptors (Lipinski definition) is 5. The number of halogens is 1. The Balaban J connectivity index is 1.64. The van der Waals surface area contributed by atoms with Gasteiger partial charge in [0.2, 0.25) is 11.5 Å². The Hall–Kier alpha value is -3.02. The number of carbonyl (C=O) groups is 2. The van der Waals surface area contributed by atoms with Gasteiger partial charge in [0.15, 0.2) is 0 Å². The predicted octanol–water partition coefficient (Wildman–Crippen LogP) is 3.30. The van der Waals surface area contributed by atoms with Gasteiger partial charge in [-0.05, 0) is 36.8 Å². The first kappa shape index (κ1) is 15.9. The zero-order valence-electron chi connectivity index (χ0n) is 12.9. The van der Waals surface area contributed by atoms with E-state index in [-0.39, 0.29) is 18.0 Å². The SMILES string of the molecule is Cc1cc(C(=O)C(=O)Cc2ccc(Cc3ccc(F)cc3)o2)on1. The van der Waals surface area contributed by atoms with Gasteiger partial charge in [-0.3, -0.25) is 9.59 Å². The number of nitrogens with zero attached hydrogens (tertiary/aromatic N) is 1. The summed E-state index contributed by atoms with van der Waals surface area (Å²) in [5, 5.41) is 3.59. The van der Waals surface area contributed by atoms with Crippen LogP contribution in [0.25, 0.3) is 0 Å². The van der Waals surface area contributed by atoms with E-state index < -0.39 is 11.6 Å². The Morgan fingerprint density at radius 3 is 2.46 bits per heavy atom. The summed E-state index contributed by atoms with van der Waals surface area (Å²) in [5.41, 5.74) is 1.42. The van der Waals surface area contributed by atoms with Gasteiger partial charge in [-0.2, -0.15) is 0 Å². The second-order valence-corrected chi connectivity index (χ2v) is 5.43. The molecule has 3 rings (SSSR count). The summed E-state index contributed by atoms with van der Waals surface area (Å²) in [7, 11) is 0. The highest BCUT2D eigenvalue weighted by Gasteiger charge is 2.22. The third kappa shape index (κ3) is 3.65. The first-order chi connectivity index (χ1) is 11.5. The fourth-order valence-corrected chi connectivity index (χ4v) is 2.26. The first-order valence-corrected chi connectivity index (χ1v) is 7.34. The number of hydrogen-bond donors (Lipinski definition) is 0. The van der Waals surface area contributed by atoms with Crippen LogP contribution in [0.15, 0.2) is 51.4 Å². The predicted molar refractivity (Wildman–Crippen MR) is 82.2 cm³/mol. The lowest BCUT2D eigenvalue weighted by atomic mass is 10.1. The molecule has 0 N–H and O–H groups in total. The van der Waals surface area contributed by atoms with E-state index in [4.69, 9.17) is 8.94 Å². The largest absolute Gasteiger partial charge is 0.465 e. The number of rotatable bonds is 6. The standard InChI is InChI=1S/C18H14FNO4/c1-11-8-17(24-20-11)18(22)16(21)10-15-7-6-14(23-15)9-12-2-4-13(19)5-3-12/h2-8H,9-10H2,1H3. The third-order valence-corrected chi connectivity index (χ3v) is 3.45. The molecule has 122 valence electrons. The van der Waals surface area contributed by atoms with Crippen molar-refractivity contribution in [1.82, 2.24) is 5.16 Å². The maximum atomic E-state index is 12.9. The van der Waals surface area contributed by atoms with Gasteiger partial charge < -0.3 is 8.94 Å². The molecule has 6 heteroatoms. The van der Waals surface area contributed by atoms with E-state index in [0.29, 0.717) is 23.6 Å². The number of aryl methyl sites for hydroxylation is 1. The number of benzene rings is 1. The fraction of sp³-hybridized carbons (Fsp3) is 0.167. The van der Waals surface area contributed by atoms with Crippen molar-refractivity contribution in [2.75, 3.05) is 0 Å². The highest BCUT2D eigenvalue weighted by atomic mass is 19.1. The summed E-state index contributed by atoms with van der Waals surface area (Å²) in [6.45, 7) is 1.67. The molecule has 0 saturated carbocycles. The van der Waals surface area contributed by atoms with Crippen LogP contribution in [-0.4, -0.2) is 16.7 Å². The van der Waals surface area contributed by atoms with Gasteiger partial charge >= 0.3 is 0 Å². The molecule has 2 heterocycles. The van der Waals surface area contributed by atoms with Crippen LogP contribution in [0.4, 0.5) is 4.39 Å². The van der Waals surface area contributed by atoms with Gasteiger partial charge in [0, 0.05) is 12.5 Å². The Kier molecular flexibility index (Phi) is 4.37. The highest BCUT2D eigenvalue weighted by molar-refractivity contribution is 6.43. The maximum Gasteiger partial charge on any atom is 0.267 e. The van der Waals surface area contributed by atoms with Crippen molar-refractivity contribution in [3.05, 3.63) is 76.8 Å². The van der Waals surface area contributed by atoms with Crippen LogP contribution >= 0.6 is 0 Å². The molecular weight excluding hydrogens is 313 g/mol. The first-order valence-electron chi connectivity index (χ1n) is 7.34. The lowest BCUT2D eigenvalue weighted by Crippen LogP contribution is -2.15. The third-order valence-electron chi connectivity index (χ3n) is 3.45. The van der Waals surface area contributed by atoms with Crippen LogP contribution in [0.1, 0.15) is 33.3 Å². The molecule has 0 spiro atoms. The smallest absolute Gasteiger partial charge is 0.267 e. The molecule has 24 heavy (non-hydrogen) atoms. The summed E-state index contributed by atoms with van der Waals surface area (Å²) in [5.74, 6) is -0.712. The van der Waals surface area contributed by atoms with E-state index in [1.54, 1.807) is 31.2 Å². The lowest BCUT2D eigenvalue weighted by Gasteiger charge is -1.99. The minimum absolute atomic E-state index is 0.0735. The van der Waals surface area contributed by atoms with Crippen LogP contribution in [0.3, 0.4) is 0 Å². The average Bonchev–Trinajstić information content (AvgIpc) is 3.18. The second kappa shape index (κ2) is 6.62. The summed E-state index contributed by atoms with van der Waals surface area (Å²) >= 11 is 0. The van der Waals surface area contributed by atoms with Gasteiger partial charge in [-0.25, -0.2) is 4.39 Å². The van der Waals surface area contributed by atoms with Crippen molar-refractivity contribution >= 4 is 11.6 Å². The minimum Gasteiger partial charge on any atom is -0.465 e. The van der Waals surface area contributed by atoms with Crippen LogP contribution < -0.4 is 0 Å². The minimum atomic E-state index is -0.730. The van der Waals surface area contributed by atoms with Crippen LogP contribution in [-0.2, 0) is 17.6 Å². The average molecular weight is 327 g/mol. The van der Waals surface area contributed by atoms with E-state index in [1.165, 1.54) is 18.2 Å². The zero-order valence-corrected chi connectivity index (χ0v) is 12.9. The molecule has 3 aromatic rings. The molecule has 2 aromatic heterocycles. The van der Waals surface area contributed by atoms with Crippen LogP contribution in [0.2, 0.25) is 0 Å². The lowest BCUT2D eigenvalue weighted by molar-refractivity contribution is -0.114. The zero-order chi connectivity index (χ0) is 17.1. The molecule has 0 amide bonds. The molecule has 0 radical (unpaired) electrons. The number of ketones is 2. The normalized spacial score (nSPS) is 10.8. The molecule has 0 aliphatic heterocycles. The summed E-state index contributed by atoms with van der Waals surface area (Å²) in [6.07, 6.45) is 0.325. The number of furan rings is 1. The molecule has 0 bridgehead atoms. The molecule has 0 aliphatic carbocycles. The van der Waals surface area contributed by atoms with Crippen molar-refractivity contribution in [1.29, 1.82) is 0 Å². The Morgan fingerprint density at radius 1 is 1.08 bits per heavy atom. The van der Waals surface area contributed by atoms with Gasteiger partial charge in [0.05, 0.1) is 12.1 Å². The van der Waals surface area contributed by atoms with Crippen molar-refractivity contribution in [3.8, 4) is 0 Å². The Morgan fingerprint density at radius 2 is 1.79 bits per heavy atom. The van der Waals surface area contributed by atoms with Gasteiger partial charge in [0.1, 0.15) is 17.3 Å². The van der Waals surface area contributed by atoms with Crippen molar-refractivity contribution < 1.29 is 22.9 Å². The van der Waals surface area contributed by atoms with Crippen LogP contribution in [0.5, 0.6) is 0 Å². The summed E-state index contributed by atoms with van der Waals surface area (Å²) in [4.78, 5) is 23.9. The van der Waals surface area contributed by atoms with E-state index >= 15 is 0 Å². The molecule has 0 unspecified atom stereocenters. The molecule has 5 nitrogen and oxygen atoms in total. The van der Waals surface area contributed by atoms with E-state index in [2.05, 4.69) is 5.16 Å². The van der Waals surface area contributed by atoms with Gasteiger partial charge in [-0.15, -0.1) is 0 Å². The maximum absolute atomic E-state index is 12.9. The number of Topliss-reactive ketones (excluding diaryl/α,β-unsaturated/α-hetero) is 2. The molecule has 0 aliphatic rings. The molecule has 0 fully saturated rings. The van der Waals surface area contributed by atoms with Crippen molar-refractivity contribution in [2.45, 2.75) is 19.8 Å². The second-order valence-electron chi connectivity index (χ2n) is 5.43. The van der Waals surface area contributed by atoms with Crippen molar-refractivity contribution in [2.24, 2.45) is 0 Å². The van der Waals surface area contributed by atoms with E-state index in [1.807, 2.05) is 0 Å². The van der Waals surface area contributed by atoms with Gasteiger partial charge in [0.25, 0.3) is 5.78 Å².